The zero-order valence-corrected chi connectivity index (χ0v) is 9.95. The lowest BCUT2D eigenvalue weighted by atomic mass is 10.1. The molecular weight excluding hydrogens is 192 g/mol. The fourth-order valence-corrected chi connectivity index (χ4v) is 2.44. The van der Waals surface area contributed by atoms with Gasteiger partial charge in [0.05, 0.1) is 11.2 Å². The third kappa shape index (κ3) is 2.15. The summed E-state index contributed by atoms with van der Waals surface area (Å²) < 4.78 is 0. The Hall–Kier alpha value is -0.410. The van der Waals surface area contributed by atoms with Crippen molar-refractivity contribution in [1.82, 2.24) is 10.3 Å². The average Bonchev–Trinajstić information content (AvgIpc) is 2.72. The maximum Gasteiger partial charge on any atom is 0.0798 e. The van der Waals surface area contributed by atoms with Gasteiger partial charge in [0, 0.05) is 17.5 Å². The number of hydrogen-bond donors (Lipinski definition) is 1. The van der Waals surface area contributed by atoms with Crippen molar-refractivity contribution in [3.8, 4) is 0 Å². The number of hydrogen-bond acceptors (Lipinski definition) is 3. The summed E-state index contributed by atoms with van der Waals surface area (Å²) in [6.07, 6.45) is 2.77. The van der Waals surface area contributed by atoms with E-state index in [4.69, 9.17) is 0 Å². The van der Waals surface area contributed by atoms with E-state index in [0.29, 0.717) is 11.5 Å². The van der Waals surface area contributed by atoms with E-state index in [-0.39, 0.29) is 0 Å². The van der Waals surface area contributed by atoms with E-state index in [1.165, 1.54) is 23.4 Å². The molecule has 0 saturated heterocycles. The molecule has 14 heavy (non-hydrogen) atoms. The zero-order valence-electron chi connectivity index (χ0n) is 9.13. The second-order valence-corrected chi connectivity index (χ2v) is 5.60. The van der Waals surface area contributed by atoms with E-state index in [1.54, 1.807) is 11.3 Å². The summed E-state index contributed by atoms with van der Waals surface area (Å²) in [5, 5.41) is 3.60. The first kappa shape index (κ1) is 10.1. The van der Waals surface area contributed by atoms with Gasteiger partial charge in [-0.25, -0.2) is 4.98 Å². The molecule has 1 aromatic rings. The van der Waals surface area contributed by atoms with E-state index < -0.39 is 0 Å². The molecule has 1 N–H and O–H groups in total. The molecule has 1 fully saturated rings. The average molecular weight is 210 g/mol. The van der Waals surface area contributed by atoms with Gasteiger partial charge in [-0.15, -0.1) is 11.3 Å². The molecule has 0 aromatic carbocycles. The number of rotatable bonds is 4. The molecule has 1 aromatic heterocycles. The summed E-state index contributed by atoms with van der Waals surface area (Å²) in [6, 6.07) is 0.458. The number of nitrogens with zero attached hydrogens (tertiary/aromatic N) is 1. The van der Waals surface area contributed by atoms with E-state index in [1.807, 2.05) is 5.51 Å². The quantitative estimate of drug-likeness (QED) is 0.826. The highest BCUT2D eigenvalue weighted by Crippen LogP contribution is 2.44. The maximum atomic E-state index is 4.28. The topological polar surface area (TPSA) is 24.9 Å². The normalized spacial score (nSPS) is 20.8. The molecule has 0 spiro atoms. The van der Waals surface area contributed by atoms with Crippen LogP contribution in [0.15, 0.2) is 5.51 Å². The van der Waals surface area contributed by atoms with Crippen LogP contribution in [0.3, 0.4) is 0 Å². The van der Waals surface area contributed by atoms with E-state index in [9.17, 15) is 0 Å². The summed E-state index contributed by atoms with van der Waals surface area (Å²) in [5.41, 5.74) is 3.70. The number of aromatic nitrogens is 1. The maximum absolute atomic E-state index is 4.28. The molecule has 78 valence electrons. The zero-order chi connectivity index (χ0) is 10.2. The van der Waals surface area contributed by atoms with Crippen LogP contribution in [-0.4, -0.2) is 11.5 Å². The Balaban J connectivity index is 1.89. The molecule has 1 atom stereocenters. The molecule has 1 aliphatic carbocycles. The van der Waals surface area contributed by atoms with Crippen LogP contribution in [0, 0.1) is 12.3 Å². The predicted octanol–water partition coefficient (Wildman–Crippen LogP) is 2.90. The molecule has 2 nitrogen and oxygen atoms in total. The van der Waals surface area contributed by atoms with Gasteiger partial charge in [-0.05, 0) is 32.1 Å². The number of thiazole rings is 1. The van der Waals surface area contributed by atoms with Gasteiger partial charge in [-0.2, -0.15) is 0 Å². The van der Waals surface area contributed by atoms with Crippen molar-refractivity contribution in [3.05, 3.63) is 16.1 Å². The Morgan fingerprint density at radius 3 is 2.86 bits per heavy atom. The van der Waals surface area contributed by atoms with Gasteiger partial charge in [-0.1, -0.05) is 6.92 Å². The van der Waals surface area contributed by atoms with Crippen LogP contribution in [0.2, 0.25) is 0 Å². The fraction of sp³-hybridized carbons (Fsp3) is 0.727. The lowest BCUT2D eigenvalue weighted by molar-refractivity contribution is 0.459. The van der Waals surface area contributed by atoms with Crippen LogP contribution in [0.4, 0.5) is 0 Å². The molecule has 1 aliphatic rings. The largest absolute Gasteiger partial charge is 0.309 e. The van der Waals surface area contributed by atoms with Crippen LogP contribution < -0.4 is 5.32 Å². The Bertz CT molecular complexity index is 315. The van der Waals surface area contributed by atoms with Gasteiger partial charge in [0.15, 0.2) is 0 Å². The Morgan fingerprint density at radius 1 is 1.64 bits per heavy atom. The molecule has 1 heterocycles. The standard InChI is InChI=1S/C11H18N2S/c1-8(10-9(2)13-7-14-10)12-6-11(3)4-5-11/h7-8,12H,4-6H2,1-3H3. The minimum absolute atomic E-state index is 0.458. The molecular formula is C11H18N2S. The van der Waals surface area contributed by atoms with Gasteiger partial charge < -0.3 is 5.32 Å². The Kier molecular flexibility index (Phi) is 2.62. The summed E-state index contributed by atoms with van der Waals surface area (Å²) in [6.45, 7) is 7.81. The minimum Gasteiger partial charge on any atom is -0.309 e. The third-order valence-electron chi connectivity index (χ3n) is 3.11. The van der Waals surface area contributed by atoms with Crippen molar-refractivity contribution < 1.29 is 0 Å². The second-order valence-electron chi connectivity index (χ2n) is 4.72. The summed E-state index contributed by atoms with van der Waals surface area (Å²) in [5.74, 6) is 0. The lowest BCUT2D eigenvalue weighted by Gasteiger charge is -2.16. The molecule has 1 unspecified atom stereocenters. The highest BCUT2D eigenvalue weighted by atomic mass is 32.1. The molecule has 2 rings (SSSR count). The predicted molar refractivity (Wildman–Crippen MR) is 60.6 cm³/mol. The van der Waals surface area contributed by atoms with Gasteiger partial charge >= 0.3 is 0 Å². The van der Waals surface area contributed by atoms with Crippen molar-refractivity contribution in [2.24, 2.45) is 5.41 Å². The summed E-state index contributed by atoms with van der Waals surface area (Å²) in [4.78, 5) is 5.66. The van der Waals surface area contributed by atoms with Crippen LogP contribution in [0.25, 0.3) is 0 Å². The molecule has 0 radical (unpaired) electrons. The molecule has 0 bridgehead atoms. The van der Waals surface area contributed by atoms with Crippen LogP contribution >= 0.6 is 11.3 Å². The van der Waals surface area contributed by atoms with Gasteiger partial charge in [-0.3, -0.25) is 0 Å². The minimum atomic E-state index is 0.458. The number of nitrogens with one attached hydrogen (secondary N) is 1. The van der Waals surface area contributed by atoms with Crippen molar-refractivity contribution in [1.29, 1.82) is 0 Å². The third-order valence-corrected chi connectivity index (χ3v) is 4.23. The fourth-order valence-electron chi connectivity index (χ4n) is 1.61. The van der Waals surface area contributed by atoms with Crippen LogP contribution in [0.5, 0.6) is 0 Å². The summed E-state index contributed by atoms with van der Waals surface area (Å²) >= 11 is 1.76. The SMILES string of the molecule is Cc1ncsc1C(C)NCC1(C)CC1. The van der Waals surface area contributed by atoms with Crippen LogP contribution in [0.1, 0.15) is 43.3 Å². The first-order chi connectivity index (χ1) is 6.61. The monoisotopic (exact) mass is 210 g/mol. The first-order valence-electron chi connectivity index (χ1n) is 5.24. The smallest absolute Gasteiger partial charge is 0.0798 e. The van der Waals surface area contributed by atoms with E-state index in [0.717, 1.165) is 6.54 Å². The van der Waals surface area contributed by atoms with Crippen molar-refractivity contribution in [2.75, 3.05) is 6.54 Å². The van der Waals surface area contributed by atoms with E-state index in [2.05, 4.69) is 31.1 Å². The van der Waals surface area contributed by atoms with Crippen molar-refractivity contribution >= 4 is 11.3 Å². The molecule has 0 aliphatic heterocycles. The first-order valence-corrected chi connectivity index (χ1v) is 6.12. The number of aryl methyl sites for hydroxylation is 1. The Morgan fingerprint density at radius 2 is 2.36 bits per heavy atom. The van der Waals surface area contributed by atoms with Crippen molar-refractivity contribution in [3.63, 3.8) is 0 Å². The van der Waals surface area contributed by atoms with Gasteiger partial charge in [0.25, 0.3) is 0 Å². The Labute approximate surface area is 89.8 Å². The van der Waals surface area contributed by atoms with Gasteiger partial charge in [0.1, 0.15) is 0 Å². The second kappa shape index (κ2) is 3.63. The van der Waals surface area contributed by atoms with Crippen molar-refractivity contribution in [2.45, 2.75) is 39.7 Å². The van der Waals surface area contributed by atoms with Crippen LogP contribution in [-0.2, 0) is 0 Å². The van der Waals surface area contributed by atoms with Gasteiger partial charge in [0.2, 0.25) is 0 Å². The summed E-state index contributed by atoms with van der Waals surface area (Å²) in [7, 11) is 0. The highest BCUT2D eigenvalue weighted by molar-refractivity contribution is 7.09. The van der Waals surface area contributed by atoms with E-state index >= 15 is 0 Å². The molecule has 0 amide bonds. The lowest BCUT2D eigenvalue weighted by Crippen LogP contribution is -2.25. The highest BCUT2D eigenvalue weighted by Gasteiger charge is 2.37. The molecule has 1 saturated carbocycles. The molecule has 3 heteroatoms.